The van der Waals surface area contributed by atoms with Crippen molar-refractivity contribution >= 4 is 104 Å². The number of nitrogens with two attached hydrogens (primary N) is 2. The van der Waals surface area contributed by atoms with Crippen molar-refractivity contribution in [2.75, 3.05) is 11.5 Å². The van der Waals surface area contributed by atoms with Crippen LogP contribution in [0.3, 0.4) is 0 Å². The predicted octanol–water partition coefficient (Wildman–Crippen LogP) is 0.549. The lowest BCUT2D eigenvalue weighted by atomic mass is 9.95. The van der Waals surface area contributed by atoms with Gasteiger partial charge in [-0.2, -0.15) is 27.2 Å². The summed E-state index contributed by atoms with van der Waals surface area (Å²) < 4.78 is 151. The summed E-state index contributed by atoms with van der Waals surface area (Å²) in [5.41, 5.74) is 2.29. The third-order valence-electron chi connectivity index (χ3n) is 9.37. The molecule has 34 nitrogen and oxygen atoms in total. The van der Waals surface area contributed by atoms with Crippen molar-refractivity contribution < 1.29 is 126 Å². The third kappa shape index (κ3) is 14.0. The lowest BCUT2D eigenvalue weighted by Crippen LogP contribution is -2.44. The Morgan fingerprint density at radius 2 is 1.10 bits per heavy atom. The Balaban J connectivity index is 0.000000271. The van der Waals surface area contributed by atoms with Crippen LogP contribution in [-0.2, 0) is 63.2 Å². The number of fused-ring (bicyclic) bond motifs is 2. The van der Waals surface area contributed by atoms with E-state index in [2.05, 4.69) is 41.2 Å². The highest BCUT2D eigenvalue weighted by molar-refractivity contribution is 7.67. The van der Waals surface area contributed by atoms with Crippen molar-refractivity contribution in [3.63, 3.8) is 0 Å². The van der Waals surface area contributed by atoms with Crippen LogP contribution in [0.5, 0.6) is 0 Å². The van der Waals surface area contributed by atoms with Gasteiger partial charge in [0.25, 0.3) is 11.1 Å². The molecule has 45 heteroatoms. The zero-order chi connectivity index (χ0) is 55.4. The molecule has 406 valence electrons. The number of phosphoric acid groups is 6. The second kappa shape index (κ2) is 21.5. The maximum absolute atomic E-state index is 16.0. The van der Waals surface area contributed by atoms with E-state index in [1.807, 2.05) is 16.8 Å². The molecular formula is C28H33Cl2F3N8O26P6. The van der Waals surface area contributed by atoms with Gasteiger partial charge in [-0.05, 0) is 55.0 Å². The van der Waals surface area contributed by atoms with Gasteiger partial charge in [-0.15, -0.1) is 0 Å². The van der Waals surface area contributed by atoms with Crippen molar-refractivity contribution in [1.29, 1.82) is 0 Å². The van der Waals surface area contributed by atoms with E-state index >= 15 is 8.78 Å². The highest BCUT2D eigenvalue weighted by atomic mass is 35.5. The lowest BCUT2D eigenvalue weighted by Gasteiger charge is -2.25. The van der Waals surface area contributed by atoms with Crippen molar-refractivity contribution in [1.82, 2.24) is 29.1 Å². The van der Waals surface area contributed by atoms with Crippen molar-refractivity contribution in [2.45, 2.75) is 74.3 Å². The van der Waals surface area contributed by atoms with E-state index in [0.29, 0.717) is 10.8 Å². The molecule has 4 aromatic rings. The number of nitrogen functional groups attached to an aromatic ring is 2. The Hall–Kier alpha value is -3.41. The molecule has 0 spiro atoms. The smallest absolute Gasteiger partial charge is 0.386 e. The van der Waals surface area contributed by atoms with Crippen LogP contribution < -0.4 is 22.6 Å². The molecule has 2 saturated heterocycles. The molecule has 6 heterocycles. The molecule has 0 saturated carbocycles. The number of ether oxygens (including phenoxy) is 2. The van der Waals surface area contributed by atoms with Crippen LogP contribution in [0.25, 0.3) is 22.1 Å². The van der Waals surface area contributed by atoms with Gasteiger partial charge >= 0.3 is 46.9 Å². The van der Waals surface area contributed by atoms with Gasteiger partial charge in [0.1, 0.15) is 29.8 Å². The average molecular weight is 1210 g/mol. The Bertz CT molecular complexity index is 3360. The van der Waals surface area contributed by atoms with Crippen LogP contribution in [0.15, 0.2) is 28.0 Å². The predicted molar refractivity (Wildman–Crippen MR) is 233 cm³/mol. The van der Waals surface area contributed by atoms with Crippen molar-refractivity contribution in [3.05, 3.63) is 45.0 Å². The summed E-state index contributed by atoms with van der Waals surface area (Å²) >= 11 is 10.7. The van der Waals surface area contributed by atoms with Crippen LogP contribution >= 0.6 is 70.1 Å². The molecule has 0 amide bonds. The molecule has 2 aliphatic heterocycles. The van der Waals surface area contributed by atoms with Crippen LogP contribution in [0.2, 0.25) is 0 Å². The van der Waals surface area contributed by atoms with Gasteiger partial charge in [-0.25, -0.2) is 40.6 Å². The molecule has 4 aromatic heterocycles. The van der Waals surface area contributed by atoms with E-state index in [1.54, 1.807) is 10.8 Å². The number of H-pyrrole nitrogens is 2. The van der Waals surface area contributed by atoms with Gasteiger partial charge < -0.3 is 74.9 Å². The largest absolute Gasteiger partial charge is 0.490 e. The Morgan fingerprint density at radius 3 is 1.51 bits per heavy atom. The third-order valence-corrected chi connectivity index (χ3v) is 17.4. The normalized spacial score (nSPS) is 28.5. The summed E-state index contributed by atoms with van der Waals surface area (Å²) in [6.07, 6.45) is -14.5. The van der Waals surface area contributed by atoms with Gasteiger partial charge in [0.15, 0.2) is 29.6 Å². The number of halogens is 5. The number of aromatic nitrogens is 6. The second-order valence-corrected chi connectivity index (χ2v) is 23.6. The Morgan fingerprint density at radius 1 is 0.699 bits per heavy atom. The SMILES string of the molecule is C[C@@H](OP(=O)(O)OP(=O)(O)OP(=O)(O)O)[C@H]1O[C@@H](n2cc(F)c3c(=O)[nH]c(N)nc32)C(F)(C#CCl)[C@H]1O.C[C@@H](OP(=O)(O)OP(=O)(O)OP(=O)(O)O)[C@H]1O[C@@H](n2ccc3c(=O)[nH]c(N)nc32)C(F)(C#CCl)[C@H]1O. The van der Waals surface area contributed by atoms with Gasteiger partial charge in [0.2, 0.25) is 23.2 Å². The molecular weight excluding hydrogens is 1180 g/mol. The highest BCUT2D eigenvalue weighted by Crippen LogP contribution is 2.68. The van der Waals surface area contributed by atoms with Gasteiger partial charge in [-0.3, -0.25) is 33.2 Å². The van der Waals surface area contributed by atoms with E-state index in [4.69, 9.17) is 63.7 Å². The summed E-state index contributed by atoms with van der Waals surface area (Å²) in [5.74, 6) is 1.69. The van der Waals surface area contributed by atoms with Crippen LogP contribution in [0.1, 0.15) is 26.3 Å². The van der Waals surface area contributed by atoms with Crippen LogP contribution in [0, 0.1) is 28.4 Å². The minimum Gasteiger partial charge on any atom is -0.386 e. The molecule has 2 fully saturated rings. The molecule has 16 N–H and O–H groups in total. The molecule has 0 bridgehead atoms. The van der Waals surface area contributed by atoms with Gasteiger partial charge in [0, 0.05) is 23.2 Å². The minimum absolute atomic E-state index is 0.0479. The number of anilines is 2. The zero-order valence-electron chi connectivity index (χ0n) is 35.4. The first kappa shape index (κ1) is 60.5. The van der Waals surface area contributed by atoms with E-state index in [0.717, 1.165) is 24.6 Å². The number of hydrogen-bond donors (Lipinski definition) is 14. The van der Waals surface area contributed by atoms with Crippen LogP contribution in [-0.4, -0.2) is 126 Å². The number of alkyl halides is 2. The number of aliphatic hydroxyl groups excluding tert-OH is 2. The summed E-state index contributed by atoms with van der Waals surface area (Å²) in [7, 11) is -34.4. The van der Waals surface area contributed by atoms with E-state index in [9.17, 15) is 71.2 Å². The number of hydrogen-bond acceptors (Lipinski definition) is 22. The molecule has 73 heavy (non-hydrogen) atoms. The quantitative estimate of drug-likeness (QED) is 0.0538. The number of rotatable bonds is 16. The van der Waals surface area contributed by atoms with Crippen molar-refractivity contribution in [3.8, 4) is 22.6 Å². The molecule has 0 aromatic carbocycles. The standard InChI is InChI=1S/C14H16ClF2N4O13P3.C14H17ClFN4O13P3/c1-5(32-36(27,28)34-37(29,30)33-35(24,25)26)8-9(22)14(17,2-3-15)12(31-8)21-4-6(16)7-10(21)19-13(18)20-11(7)23;1-6(31-35(26,27)33-36(28,29)32-34(23,24)25)8-9(21)14(16,3-4-15)12(30-8)20-5-2-7-10(20)18-13(17)19-11(7)22/h4-5,8-9,12,22H,1H3,(H,27,28)(H,29,30)(H2,24,25,26)(H3,18,19,20,23);2,5-6,8-9,12,21H,1H3,(H,26,27)(H,28,29)(H2,23,24,25)(H3,17,18,19,22)/t5-,8-,9+,12-,14?;6-,8-,9+,12-,14?/m11/s1. The number of aliphatic hydroxyl groups is 2. The Kier molecular flexibility index (Phi) is 17.8. The topological polar surface area (TPSA) is 532 Å². The minimum atomic E-state index is -5.89. The summed E-state index contributed by atoms with van der Waals surface area (Å²) in [6.45, 7) is 1.84. The number of nitrogens with zero attached hydrogens (tertiary/aromatic N) is 4. The monoisotopic (exact) mass is 1210 g/mol. The zero-order valence-corrected chi connectivity index (χ0v) is 42.3. The molecule has 6 unspecified atom stereocenters. The van der Waals surface area contributed by atoms with Crippen molar-refractivity contribution in [2.24, 2.45) is 0 Å². The fraction of sp³-hybridized carbons (Fsp3) is 0.429. The van der Waals surface area contributed by atoms with Gasteiger partial charge in [0.05, 0.1) is 17.6 Å². The summed E-state index contributed by atoms with van der Waals surface area (Å²) in [6, 6.07) is 1.23. The lowest BCUT2D eigenvalue weighted by molar-refractivity contribution is -0.0754. The number of nitrogens with one attached hydrogen (secondary N) is 2. The first-order valence-electron chi connectivity index (χ1n) is 18.6. The molecule has 6 rings (SSSR count). The average Bonchev–Trinajstić information content (AvgIpc) is 3.88. The number of phosphoric ester groups is 2. The maximum Gasteiger partial charge on any atom is 0.490 e. The number of aromatic amines is 2. The first-order valence-corrected chi connectivity index (χ1v) is 28.4. The Labute approximate surface area is 411 Å². The molecule has 2 aliphatic rings. The van der Waals surface area contributed by atoms with E-state index in [-0.39, 0.29) is 17.0 Å². The molecule has 0 radical (unpaired) electrons. The maximum atomic E-state index is 16.0. The highest BCUT2D eigenvalue weighted by Gasteiger charge is 2.62. The fourth-order valence-corrected chi connectivity index (χ4v) is 13.5. The fourth-order valence-electron chi connectivity index (χ4n) is 6.80. The molecule has 0 aliphatic carbocycles. The summed E-state index contributed by atoms with van der Waals surface area (Å²) in [5, 5.41) is 24.0. The van der Waals surface area contributed by atoms with E-state index < -0.39 is 141 Å². The van der Waals surface area contributed by atoms with E-state index in [1.165, 1.54) is 6.07 Å². The first-order chi connectivity index (χ1) is 33.2. The van der Waals surface area contributed by atoms with Gasteiger partial charge in [-0.1, -0.05) is 0 Å². The second-order valence-electron chi connectivity index (χ2n) is 14.5. The summed E-state index contributed by atoms with van der Waals surface area (Å²) in [4.78, 5) is 108. The van der Waals surface area contributed by atoms with Crippen LogP contribution in [0.4, 0.5) is 25.1 Å². The molecule has 14 atom stereocenters.